The normalized spacial score (nSPS) is 12.8. The molecule has 130 valence electrons. The molecule has 0 radical (unpaired) electrons. The second-order valence-electron chi connectivity index (χ2n) is 5.48. The molecule has 0 aromatic heterocycles. The summed E-state index contributed by atoms with van der Waals surface area (Å²) in [6.45, 7) is 1.29. The third-order valence-corrected chi connectivity index (χ3v) is 4.03. The third kappa shape index (κ3) is 4.67. The lowest BCUT2D eigenvalue weighted by molar-refractivity contribution is -0.150. The van der Waals surface area contributed by atoms with Crippen molar-refractivity contribution in [3.05, 3.63) is 70.7 Å². The van der Waals surface area contributed by atoms with Gasteiger partial charge < -0.3 is 10.1 Å². The van der Waals surface area contributed by atoms with Crippen LogP contribution in [0, 0.1) is 5.92 Å². The molecule has 6 heteroatoms. The van der Waals surface area contributed by atoms with E-state index in [0.29, 0.717) is 16.1 Å². The van der Waals surface area contributed by atoms with Crippen molar-refractivity contribution in [3.8, 4) is 0 Å². The van der Waals surface area contributed by atoms with Crippen LogP contribution in [0.25, 0.3) is 0 Å². The monoisotopic (exact) mass is 359 g/mol. The van der Waals surface area contributed by atoms with Gasteiger partial charge >= 0.3 is 5.97 Å². The number of amides is 1. The average molecular weight is 360 g/mol. The zero-order chi connectivity index (χ0) is 18.4. The summed E-state index contributed by atoms with van der Waals surface area (Å²) in [5.74, 6) is -2.66. The first-order valence-corrected chi connectivity index (χ1v) is 8.01. The number of esters is 1. The molecule has 25 heavy (non-hydrogen) atoms. The molecule has 1 amide bonds. The molecule has 2 aromatic carbocycles. The zero-order valence-electron chi connectivity index (χ0n) is 13.9. The van der Waals surface area contributed by atoms with Crippen LogP contribution in [0.3, 0.4) is 0 Å². The smallest absolute Gasteiger partial charge is 0.318 e. The number of ether oxygens (including phenoxy) is 1. The SMILES string of the molecule is COC(=O)C(C(C)=O)C(NC(=O)c1ccccc1)c1ccc(Cl)cc1. The van der Waals surface area contributed by atoms with Gasteiger partial charge in [0.2, 0.25) is 0 Å². The minimum absolute atomic E-state index is 0.393. The molecule has 2 unspecified atom stereocenters. The largest absolute Gasteiger partial charge is 0.468 e. The van der Waals surface area contributed by atoms with Gasteiger partial charge in [0.1, 0.15) is 11.7 Å². The van der Waals surface area contributed by atoms with Gasteiger partial charge in [-0.05, 0) is 36.8 Å². The van der Waals surface area contributed by atoms with Crippen molar-refractivity contribution >= 4 is 29.3 Å². The maximum absolute atomic E-state index is 12.5. The highest BCUT2D eigenvalue weighted by atomic mass is 35.5. The topological polar surface area (TPSA) is 72.5 Å². The Hall–Kier alpha value is -2.66. The molecule has 0 heterocycles. The van der Waals surface area contributed by atoms with Gasteiger partial charge in [0, 0.05) is 10.6 Å². The first-order valence-electron chi connectivity index (χ1n) is 7.63. The van der Waals surface area contributed by atoms with E-state index in [-0.39, 0.29) is 0 Å². The summed E-state index contributed by atoms with van der Waals surface area (Å²) < 4.78 is 4.75. The van der Waals surface area contributed by atoms with Crippen LogP contribution in [0.4, 0.5) is 0 Å². The first kappa shape index (κ1) is 18.7. The minimum atomic E-state index is -1.15. The van der Waals surface area contributed by atoms with Crippen molar-refractivity contribution in [3.63, 3.8) is 0 Å². The zero-order valence-corrected chi connectivity index (χ0v) is 14.6. The van der Waals surface area contributed by atoms with Gasteiger partial charge in [-0.15, -0.1) is 0 Å². The van der Waals surface area contributed by atoms with Gasteiger partial charge in [-0.1, -0.05) is 41.9 Å². The van der Waals surface area contributed by atoms with E-state index < -0.39 is 29.6 Å². The van der Waals surface area contributed by atoms with Crippen molar-refractivity contribution in [1.29, 1.82) is 0 Å². The van der Waals surface area contributed by atoms with E-state index in [1.807, 2.05) is 0 Å². The summed E-state index contributed by atoms with van der Waals surface area (Å²) in [5.41, 5.74) is 1.01. The molecule has 0 aliphatic rings. The van der Waals surface area contributed by atoms with E-state index >= 15 is 0 Å². The Morgan fingerprint density at radius 2 is 1.60 bits per heavy atom. The molecule has 2 aromatic rings. The Bertz CT molecular complexity index is 759. The van der Waals surface area contributed by atoms with Crippen LogP contribution in [-0.4, -0.2) is 24.8 Å². The maximum atomic E-state index is 12.5. The second-order valence-corrected chi connectivity index (χ2v) is 5.92. The molecule has 5 nitrogen and oxygen atoms in total. The van der Waals surface area contributed by atoms with Crippen LogP contribution < -0.4 is 5.32 Å². The Morgan fingerprint density at radius 1 is 1.00 bits per heavy atom. The molecule has 0 aliphatic heterocycles. The lowest BCUT2D eigenvalue weighted by atomic mass is 9.89. The van der Waals surface area contributed by atoms with E-state index in [1.54, 1.807) is 54.6 Å². The van der Waals surface area contributed by atoms with Gasteiger partial charge in [-0.3, -0.25) is 14.4 Å². The van der Waals surface area contributed by atoms with Crippen molar-refractivity contribution in [2.75, 3.05) is 7.11 Å². The molecule has 0 fully saturated rings. The highest BCUT2D eigenvalue weighted by molar-refractivity contribution is 6.30. The summed E-state index contributed by atoms with van der Waals surface area (Å²) in [6.07, 6.45) is 0. The number of nitrogens with one attached hydrogen (secondary N) is 1. The van der Waals surface area contributed by atoms with E-state index in [4.69, 9.17) is 16.3 Å². The Morgan fingerprint density at radius 3 is 2.12 bits per heavy atom. The highest BCUT2D eigenvalue weighted by Crippen LogP contribution is 2.26. The van der Waals surface area contributed by atoms with E-state index in [2.05, 4.69) is 5.32 Å². The molecule has 2 atom stereocenters. The summed E-state index contributed by atoms with van der Waals surface area (Å²) >= 11 is 5.90. The fourth-order valence-electron chi connectivity index (χ4n) is 2.51. The van der Waals surface area contributed by atoms with Crippen LogP contribution in [-0.2, 0) is 14.3 Å². The van der Waals surface area contributed by atoms with Crippen LogP contribution in [0.1, 0.15) is 28.9 Å². The van der Waals surface area contributed by atoms with Crippen LogP contribution in [0.5, 0.6) is 0 Å². The Labute approximate surface area is 150 Å². The van der Waals surface area contributed by atoms with Gasteiger partial charge in [-0.2, -0.15) is 0 Å². The number of methoxy groups -OCH3 is 1. The van der Waals surface area contributed by atoms with E-state index in [9.17, 15) is 14.4 Å². The number of carbonyl (C=O) groups excluding carboxylic acids is 3. The number of rotatable bonds is 6. The van der Waals surface area contributed by atoms with Crippen molar-refractivity contribution in [1.82, 2.24) is 5.32 Å². The van der Waals surface area contributed by atoms with Crippen LogP contribution >= 0.6 is 11.6 Å². The predicted molar refractivity (Wildman–Crippen MR) is 94.3 cm³/mol. The molecule has 0 saturated heterocycles. The summed E-state index contributed by atoms with van der Waals surface area (Å²) in [6, 6.07) is 14.3. The fraction of sp³-hybridized carbons (Fsp3) is 0.211. The molecular weight excluding hydrogens is 342 g/mol. The minimum Gasteiger partial charge on any atom is -0.468 e. The molecule has 0 spiro atoms. The molecule has 0 bridgehead atoms. The summed E-state index contributed by atoms with van der Waals surface area (Å²) in [4.78, 5) is 36.7. The highest BCUT2D eigenvalue weighted by Gasteiger charge is 2.35. The lowest BCUT2D eigenvalue weighted by Crippen LogP contribution is -2.40. The van der Waals surface area contributed by atoms with Crippen molar-refractivity contribution in [2.24, 2.45) is 5.92 Å². The van der Waals surface area contributed by atoms with Crippen LogP contribution in [0.15, 0.2) is 54.6 Å². The fourth-order valence-corrected chi connectivity index (χ4v) is 2.63. The van der Waals surface area contributed by atoms with Gasteiger partial charge in [0.15, 0.2) is 0 Å². The van der Waals surface area contributed by atoms with Crippen molar-refractivity contribution < 1.29 is 19.1 Å². The summed E-state index contributed by atoms with van der Waals surface area (Å²) in [5, 5.41) is 3.27. The predicted octanol–water partition coefficient (Wildman–Crippen LogP) is 3.19. The molecule has 0 saturated carbocycles. The molecule has 2 rings (SSSR count). The number of ketones is 1. The molecule has 1 N–H and O–H groups in total. The van der Waals surface area contributed by atoms with E-state index in [0.717, 1.165) is 0 Å². The Kier molecular flexibility index (Phi) is 6.31. The standard InChI is InChI=1S/C19H18ClNO4/c1-12(22)16(19(24)25-2)17(13-8-10-15(20)11-9-13)21-18(23)14-6-4-3-5-7-14/h3-11,16-17H,1-2H3,(H,21,23). The average Bonchev–Trinajstić information content (AvgIpc) is 2.62. The van der Waals surface area contributed by atoms with Gasteiger partial charge in [0.25, 0.3) is 5.91 Å². The van der Waals surface area contributed by atoms with E-state index in [1.165, 1.54) is 14.0 Å². The number of Topliss-reactive ketones (excluding diaryl/α,β-unsaturated/α-hetero) is 1. The third-order valence-electron chi connectivity index (χ3n) is 3.78. The number of hydrogen-bond donors (Lipinski definition) is 1. The number of hydrogen-bond acceptors (Lipinski definition) is 4. The number of benzene rings is 2. The summed E-state index contributed by atoms with van der Waals surface area (Å²) in [7, 11) is 1.20. The van der Waals surface area contributed by atoms with Gasteiger partial charge in [-0.25, -0.2) is 0 Å². The molecule has 0 aliphatic carbocycles. The quantitative estimate of drug-likeness (QED) is 0.635. The van der Waals surface area contributed by atoms with Crippen molar-refractivity contribution in [2.45, 2.75) is 13.0 Å². The number of carbonyl (C=O) groups is 3. The second kappa shape index (κ2) is 8.44. The van der Waals surface area contributed by atoms with Gasteiger partial charge in [0.05, 0.1) is 13.2 Å². The Balaban J connectivity index is 2.40. The molecular formula is C19H18ClNO4. The van der Waals surface area contributed by atoms with Crippen LogP contribution in [0.2, 0.25) is 5.02 Å². The maximum Gasteiger partial charge on any atom is 0.318 e. The lowest BCUT2D eigenvalue weighted by Gasteiger charge is -2.25. The first-order chi connectivity index (χ1) is 11.9. The number of halogens is 1.